The van der Waals surface area contributed by atoms with E-state index in [0.29, 0.717) is 35.6 Å². The summed E-state index contributed by atoms with van der Waals surface area (Å²) in [5.41, 5.74) is 6.26. The molecule has 4 aromatic carbocycles. The fourth-order valence-corrected chi connectivity index (χ4v) is 5.92. The lowest BCUT2D eigenvalue weighted by Gasteiger charge is -2.37. The Morgan fingerprint density at radius 2 is 1.51 bits per heavy atom. The average molecular weight is 729 g/mol. The molecule has 0 bridgehead atoms. The van der Waals surface area contributed by atoms with Crippen molar-refractivity contribution in [3.8, 4) is 23.1 Å². The highest BCUT2D eigenvalue weighted by molar-refractivity contribution is 6.32. The van der Waals surface area contributed by atoms with Gasteiger partial charge in [0.25, 0.3) is 0 Å². The zero-order valence-electron chi connectivity index (χ0n) is 28.3. The highest BCUT2D eigenvalue weighted by atomic mass is 35.5. The standard InChI is InChI=1S/C41H39ClFN3O4.ClH/c1-30-2-13-36(14-3-30)48-25-19-31-4-6-32(7-5-31)28-45-20-22-46(23-21-45)39(18-24-47)34-10-16-40(38(42)26-34)50-41-17-15-37(27-44-41)49-29-33-8-11-35(43)12-9-33;/h2-18,24,26-27H,19-23,25,28-29H2,1H3;1H/b39-18+;. The van der Waals surface area contributed by atoms with Gasteiger partial charge in [-0.05, 0) is 77.7 Å². The van der Waals surface area contributed by atoms with Crippen molar-refractivity contribution in [2.45, 2.75) is 26.5 Å². The number of nitrogens with zero attached hydrogens (tertiary/aromatic N) is 3. The first-order chi connectivity index (χ1) is 24.4. The monoisotopic (exact) mass is 727 g/mol. The van der Waals surface area contributed by atoms with E-state index in [0.717, 1.165) is 68.0 Å². The SMILES string of the molecule is Cc1ccc(OCCc2ccc(CN3CCN(/C(=C/C=O)c4ccc(Oc5ccc(OCc6ccc(F)cc6)cn5)c(Cl)c4)CC3)cc2)cc1.Cl. The first kappa shape index (κ1) is 37.4. The van der Waals surface area contributed by atoms with Crippen LogP contribution in [-0.4, -0.2) is 53.9 Å². The summed E-state index contributed by atoms with van der Waals surface area (Å²) in [6.07, 6.45) is 4.83. The summed E-state index contributed by atoms with van der Waals surface area (Å²) >= 11 is 6.65. The van der Waals surface area contributed by atoms with E-state index in [2.05, 4.69) is 58.1 Å². The molecule has 0 N–H and O–H groups in total. The molecule has 51 heavy (non-hydrogen) atoms. The van der Waals surface area contributed by atoms with E-state index in [4.69, 9.17) is 25.8 Å². The van der Waals surface area contributed by atoms with Crippen molar-refractivity contribution in [2.75, 3.05) is 32.8 Å². The number of piperazine rings is 1. The second-order valence-corrected chi connectivity index (χ2v) is 12.6. The Morgan fingerprint density at radius 3 is 2.18 bits per heavy atom. The van der Waals surface area contributed by atoms with Gasteiger partial charge in [0.05, 0.1) is 17.8 Å². The Labute approximate surface area is 309 Å². The van der Waals surface area contributed by atoms with Crippen LogP contribution in [0.5, 0.6) is 23.1 Å². The lowest BCUT2D eigenvalue weighted by atomic mass is 10.1. The largest absolute Gasteiger partial charge is 0.493 e. The summed E-state index contributed by atoms with van der Waals surface area (Å²) in [6.45, 7) is 7.17. The molecular formula is C41H40Cl2FN3O4. The molecule has 0 unspecified atom stereocenters. The van der Waals surface area contributed by atoms with Gasteiger partial charge in [0.2, 0.25) is 5.88 Å². The number of rotatable bonds is 14. The van der Waals surface area contributed by atoms with E-state index in [1.54, 1.807) is 42.6 Å². The molecular weight excluding hydrogens is 688 g/mol. The Hall–Kier alpha value is -4.89. The minimum Gasteiger partial charge on any atom is -0.493 e. The van der Waals surface area contributed by atoms with Gasteiger partial charge in [-0.1, -0.05) is 65.7 Å². The Kier molecular flexibility index (Phi) is 13.5. The fourth-order valence-electron chi connectivity index (χ4n) is 5.70. The molecule has 0 radical (unpaired) electrons. The number of ether oxygens (including phenoxy) is 3. The molecule has 1 aliphatic heterocycles. The second-order valence-electron chi connectivity index (χ2n) is 12.2. The molecule has 6 rings (SSSR count). The van der Waals surface area contributed by atoms with E-state index in [-0.39, 0.29) is 18.2 Å². The van der Waals surface area contributed by atoms with Crippen LogP contribution >= 0.6 is 24.0 Å². The summed E-state index contributed by atoms with van der Waals surface area (Å²) < 4.78 is 30.7. The van der Waals surface area contributed by atoms with E-state index in [9.17, 15) is 9.18 Å². The molecule has 0 spiro atoms. The lowest BCUT2D eigenvalue weighted by Crippen LogP contribution is -2.44. The number of aromatic nitrogens is 1. The highest BCUT2D eigenvalue weighted by Gasteiger charge is 2.21. The van der Waals surface area contributed by atoms with Crippen molar-refractivity contribution in [3.05, 3.63) is 154 Å². The third-order valence-corrected chi connectivity index (χ3v) is 8.81. The van der Waals surface area contributed by atoms with Gasteiger partial charge >= 0.3 is 0 Å². The number of aryl methyl sites for hydroxylation is 1. The maximum atomic E-state index is 13.1. The van der Waals surface area contributed by atoms with Crippen molar-refractivity contribution < 1.29 is 23.4 Å². The molecule has 0 aliphatic carbocycles. The van der Waals surface area contributed by atoms with Crippen molar-refractivity contribution in [1.29, 1.82) is 0 Å². The maximum Gasteiger partial charge on any atom is 0.219 e. The third-order valence-electron chi connectivity index (χ3n) is 8.52. The number of aldehydes is 1. The molecule has 0 amide bonds. The molecule has 2 heterocycles. The summed E-state index contributed by atoms with van der Waals surface area (Å²) in [4.78, 5) is 20.6. The van der Waals surface area contributed by atoms with Crippen LogP contribution in [0, 0.1) is 12.7 Å². The van der Waals surface area contributed by atoms with Crippen LogP contribution < -0.4 is 14.2 Å². The zero-order valence-corrected chi connectivity index (χ0v) is 29.9. The number of hydrogen-bond donors (Lipinski definition) is 0. The number of carbonyl (C=O) groups is 1. The van der Waals surface area contributed by atoms with Gasteiger partial charge in [-0.15, -0.1) is 12.4 Å². The van der Waals surface area contributed by atoms with E-state index >= 15 is 0 Å². The summed E-state index contributed by atoms with van der Waals surface area (Å²) in [5.74, 6) is 1.97. The molecule has 264 valence electrons. The minimum absolute atomic E-state index is 0. The van der Waals surface area contributed by atoms with Crippen LogP contribution in [0.1, 0.15) is 27.8 Å². The number of carbonyl (C=O) groups excluding carboxylic acids is 1. The predicted molar refractivity (Wildman–Crippen MR) is 201 cm³/mol. The van der Waals surface area contributed by atoms with Crippen molar-refractivity contribution in [3.63, 3.8) is 0 Å². The number of pyridine rings is 1. The summed E-state index contributed by atoms with van der Waals surface area (Å²) in [6, 6.07) is 32.0. The molecule has 1 fully saturated rings. The molecule has 1 aromatic heterocycles. The topological polar surface area (TPSA) is 64.1 Å². The normalized spacial score (nSPS) is 13.3. The number of hydrogen-bond acceptors (Lipinski definition) is 7. The third kappa shape index (κ3) is 10.8. The van der Waals surface area contributed by atoms with E-state index in [1.165, 1.54) is 28.8 Å². The van der Waals surface area contributed by atoms with Crippen LogP contribution in [0.2, 0.25) is 5.02 Å². The fraction of sp³-hybridized carbons (Fsp3) is 0.220. The maximum absolute atomic E-state index is 13.1. The van der Waals surface area contributed by atoms with E-state index < -0.39 is 0 Å². The first-order valence-corrected chi connectivity index (χ1v) is 17.0. The van der Waals surface area contributed by atoms with Crippen molar-refractivity contribution in [2.24, 2.45) is 0 Å². The Bertz CT molecular complexity index is 1880. The number of benzene rings is 4. The average Bonchev–Trinajstić information content (AvgIpc) is 3.14. The summed E-state index contributed by atoms with van der Waals surface area (Å²) in [7, 11) is 0. The summed E-state index contributed by atoms with van der Waals surface area (Å²) in [5, 5.41) is 0.404. The quantitative estimate of drug-likeness (QED) is 0.0836. The van der Waals surface area contributed by atoms with Crippen LogP contribution in [0.4, 0.5) is 4.39 Å². The number of halogens is 3. The van der Waals surface area contributed by atoms with Gasteiger partial charge in [0.1, 0.15) is 36.0 Å². The van der Waals surface area contributed by atoms with Crippen LogP contribution in [0.3, 0.4) is 0 Å². The molecule has 5 aromatic rings. The smallest absolute Gasteiger partial charge is 0.219 e. The van der Waals surface area contributed by atoms with Gasteiger partial charge in [0.15, 0.2) is 0 Å². The Balaban J connectivity index is 0.00000504. The highest BCUT2D eigenvalue weighted by Crippen LogP contribution is 2.33. The molecule has 1 aliphatic rings. The van der Waals surface area contributed by atoms with E-state index in [1.807, 2.05) is 24.3 Å². The predicted octanol–water partition coefficient (Wildman–Crippen LogP) is 8.95. The molecule has 0 atom stereocenters. The van der Waals surface area contributed by atoms with Gasteiger partial charge in [-0.2, -0.15) is 0 Å². The van der Waals surface area contributed by atoms with Crippen LogP contribution in [0.25, 0.3) is 5.70 Å². The van der Waals surface area contributed by atoms with Crippen molar-refractivity contribution in [1.82, 2.24) is 14.8 Å². The Morgan fingerprint density at radius 1 is 0.824 bits per heavy atom. The molecule has 0 saturated carbocycles. The van der Waals surface area contributed by atoms with Gasteiger partial charge in [0, 0.05) is 57.0 Å². The molecule has 10 heteroatoms. The van der Waals surface area contributed by atoms with Crippen molar-refractivity contribution >= 4 is 36.0 Å². The van der Waals surface area contributed by atoms with Gasteiger partial charge < -0.3 is 19.1 Å². The second kappa shape index (κ2) is 18.4. The lowest BCUT2D eigenvalue weighted by molar-refractivity contribution is -0.104. The van der Waals surface area contributed by atoms with Gasteiger partial charge in [-0.3, -0.25) is 9.69 Å². The molecule has 1 saturated heterocycles. The molecule has 7 nitrogen and oxygen atoms in total. The van der Waals surface area contributed by atoms with Gasteiger partial charge in [-0.25, -0.2) is 9.37 Å². The minimum atomic E-state index is -0.288. The van der Waals surface area contributed by atoms with Crippen LogP contribution in [-0.2, 0) is 24.4 Å². The van der Waals surface area contributed by atoms with Crippen LogP contribution in [0.15, 0.2) is 115 Å². The first-order valence-electron chi connectivity index (χ1n) is 16.6. The zero-order chi connectivity index (χ0) is 34.7. The number of allylic oxidation sites excluding steroid dienone is 1.